The number of thiocarbonyl (C=S) groups is 1. The Bertz CT molecular complexity index is 934. The molecule has 2 aromatic carbocycles. The van der Waals surface area contributed by atoms with Crippen LogP contribution in [0.15, 0.2) is 48.5 Å². The van der Waals surface area contributed by atoms with Crippen LogP contribution in [0, 0.1) is 0 Å². The normalized spacial score (nSPS) is 10.6. The molecule has 7 nitrogen and oxygen atoms in total. The number of nitrogens with one attached hydrogen (secondary N) is 3. The SMILES string of the molecule is COC(=O)c1cccc(C(=O)NC(=S)NNC(=O)c2ccc(C(C)(C)C)cc2)c1. The van der Waals surface area contributed by atoms with Crippen molar-refractivity contribution in [2.75, 3.05) is 7.11 Å². The molecule has 2 amide bonds. The summed E-state index contributed by atoms with van der Waals surface area (Å²) in [7, 11) is 1.26. The highest BCUT2D eigenvalue weighted by molar-refractivity contribution is 7.80. The van der Waals surface area contributed by atoms with Gasteiger partial charge in [0.15, 0.2) is 5.11 Å². The molecule has 0 spiro atoms. The summed E-state index contributed by atoms with van der Waals surface area (Å²) in [5, 5.41) is 2.35. The first-order valence-electron chi connectivity index (χ1n) is 8.82. The van der Waals surface area contributed by atoms with E-state index in [9.17, 15) is 14.4 Å². The summed E-state index contributed by atoms with van der Waals surface area (Å²) in [4.78, 5) is 36.0. The van der Waals surface area contributed by atoms with Crippen LogP contribution in [0.25, 0.3) is 0 Å². The minimum absolute atomic E-state index is 0.00965. The summed E-state index contributed by atoms with van der Waals surface area (Å²) in [5.41, 5.74) is 6.93. The Balaban J connectivity index is 1.91. The molecule has 29 heavy (non-hydrogen) atoms. The van der Waals surface area contributed by atoms with Crippen molar-refractivity contribution in [3.63, 3.8) is 0 Å². The second kappa shape index (κ2) is 9.29. The molecule has 0 aliphatic carbocycles. The Morgan fingerprint density at radius 3 is 2.07 bits per heavy atom. The Hall–Kier alpha value is -3.26. The van der Waals surface area contributed by atoms with Crippen molar-refractivity contribution >= 4 is 35.1 Å². The van der Waals surface area contributed by atoms with E-state index in [4.69, 9.17) is 12.2 Å². The summed E-state index contributed by atoms with van der Waals surface area (Å²) < 4.78 is 4.63. The predicted octanol–water partition coefficient (Wildman–Crippen LogP) is 2.72. The zero-order valence-electron chi connectivity index (χ0n) is 16.7. The molecule has 3 N–H and O–H groups in total. The first kappa shape index (κ1) is 22.0. The van der Waals surface area contributed by atoms with Gasteiger partial charge in [-0.1, -0.05) is 39.0 Å². The molecule has 0 unspecified atom stereocenters. The smallest absolute Gasteiger partial charge is 0.337 e. The summed E-state index contributed by atoms with van der Waals surface area (Å²) in [6, 6.07) is 13.2. The summed E-state index contributed by atoms with van der Waals surface area (Å²) in [6.07, 6.45) is 0. The molecule has 0 saturated heterocycles. The molecule has 8 heteroatoms. The van der Waals surface area contributed by atoms with Gasteiger partial charge in [0.1, 0.15) is 0 Å². The topological polar surface area (TPSA) is 96.5 Å². The van der Waals surface area contributed by atoms with Crippen LogP contribution in [-0.2, 0) is 10.2 Å². The van der Waals surface area contributed by atoms with Crippen molar-refractivity contribution in [2.45, 2.75) is 26.2 Å². The molecule has 0 atom stereocenters. The van der Waals surface area contributed by atoms with Gasteiger partial charge in [-0.3, -0.25) is 25.8 Å². The predicted molar refractivity (Wildman–Crippen MR) is 114 cm³/mol. The highest BCUT2D eigenvalue weighted by atomic mass is 32.1. The summed E-state index contributed by atoms with van der Waals surface area (Å²) >= 11 is 5.03. The van der Waals surface area contributed by atoms with Crippen LogP contribution >= 0.6 is 12.2 Å². The Morgan fingerprint density at radius 1 is 0.862 bits per heavy atom. The molecule has 0 heterocycles. The number of methoxy groups -OCH3 is 1. The quantitative estimate of drug-likeness (QED) is 0.407. The molecule has 2 rings (SSSR count). The van der Waals surface area contributed by atoms with Gasteiger partial charge in [-0.2, -0.15) is 0 Å². The van der Waals surface area contributed by atoms with E-state index in [0.29, 0.717) is 5.56 Å². The van der Waals surface area contributed by atoms with Crippen LogP contribution in [0.5, 0.6) is 0 Å². The van der Waals surface area contributed by atoms with Crippen LogP contribution in [0.1, 0.15) is 57.4 Å². The molecule has 0 bridgehead atoms. The number of benzene rings is 2. The molecule has 0 saturated carbocycles. The first-order chi connectivity index (χ1) is 13.6. The van der Waals surface area contributed by atoms with Crippen LogP contribution in [-0.4, -0.2) is 30.0 Å². The number of esters is 1. The minimum Gasteiger partial charge on any atom is -0.465 e. The lowest BCUT2D eigenvalue weighted by molar-refractivity contribution is 0.0600. The van der Waals surface area contributed by atoms with E-state index in [2.05, 4.69) is 41.7 Å². The van der Waals surface area contributed by atoms with Crippen molar-refractivity contribution in [1.82, 2.24) is 16.2 Å². The van der Waals surface area contributed by atoms with E-state index in [1.54, 1.807) is 18.2 Å². The maximum Gasteiger partial charge on any atom is 0.337 e. The van der Waals surface area contributed by atoms with Crippen LogP contribution in [0.2, 0.25) is 0 Å². The second-order valence-electron chi connectivity index (χ2n) is 7.26. The van der Waals surface area contributed by atoms with Gasteiger partial charge in [0.05, 0.1) is 12.7 Å². The molecule has 0 aromatic heterocycles. The molecule has 0 radical (unpaired) electrons. The highest BCUT2D eigenvalue weighted by Gasteiger charge is 2.15. The van der Waals surface area contributed by atoms with E-state index in [1.165, 1.54) is 25.3 Å². The van der Waals surface area contributed by atoms with E-state index >= 15 is 0 Å². The van der Waals surface area contributed by atoms with Crippen molar-refractivity contribution in [3.05, 3.63) is 70.8 Å². The minimum atomic E-state index is -0.551. The van der Waals surface area contributed by atoms with Crippen LogP contribution < -0.4 is 16.2 Å². The standard InChI is InChI=1S/C21H23N3O4S/c1-21(2,3)16-10-8-13(9-11-16)18(26)23-24-20(29)22-17(25)14-6-5-7-15(12-14)19(27)28-4/h5-12H,1-4H3,(H,23,26)(H2,22,24,25,29). The first-order valence-corrected chi connectivity index (χ1v) is 9.23. The van der Waals surface area contributed by atoms with E-state index in [1.807, 2.05) is 12.1 Å². The van der Waals surface area contributed by atoms with Gasteiger partial charge in [0, 0.05) is 11.1 Å². The fourth-order valence-corrected chi connectivity index (χ4v) is 2.56. The van der Waals surface area contributed by atoms with Gasteiger partial charge in [0.2, 0.25) is 0 Å². The van der Waals surface area contributed by atoms with Gasteiger partial charge in [-0.05, 0) is 53.5 Å². The monoisotopic (exact) mass is 413 g/mol. The fraction of sp³-hybridized carbons (Fsp3) is 0.238. The number of rotatable bonds is 3. The number of hydrazine groups is 1. The van der Waals surface area contributed by atoms with Crippen molar-refractivity contribution in [2.24, 2.45) is 0 Å². The van der Waals surface area contributed by atoms with Gasteiger partial charge in [0.25, 0.3) is 11.8 Å². The average Bonchev–Trinajstić information content (AvgIpc) is 2.70. The maximum absolute atomic E-state index is 12.3. The van der Waals surface area contributed by atoms with Crippen LogP contribution in [0.4, 0.5) is 0 Å². The third-order valence-corrected chi connectivity index (χ3v) is 4.28. The largest absolute Gasteiger partial charge is 0.465 e. The number of hydrogen-bond donors (Lipinski definition) is 3. The average molecular weight is 413 g/mol. The molecular weight excluding hydrogens is 390 g/mol. The van der Waals surface area contributed by atoms with Gasteiger partial charge >= 0.3 is 5.97 Å². The fourth-order valence-electron chi connectivity index (χ4n) is 2.42. The summed E-state index contributed by atoms with van der Waals surface area (Å²) in [5.74, 6) is -1.48. The third kappa shape index (κ3) is 6.11. The van der Waals surface area contributed by atoms with E-state index < -0.39 is 17.8 Å². The van der Waals surface area contributed by atoms with Crippen LogP contribution in [0.3, 0.4) is 0 Å². The number of ether oxygens (including phenoxy) is 1. The third-order valence-electron chi connectivity index (χ3n) is 4.08. The number of hydrogen-bond acceptors (Lipinski definition) is 5. The molecule has 152 valence electrons. The Kier molecular flexibility index (Phi) is 7.06. The van der Waals surface area contributed by atoms with Crippen molar-refractivity contribution in [3.8, 4) is 0 Å². The summed E-state index contributed by atoms with van der Waals surface area (Å²) in [6.45, 7) is 6.27. The lowest BCUT2D eigenvalue weighted by Gasteiger charge is -2.19. The molecule has 0 aliphatic rings. The lowest BCUT2D eigenvalue weighted by atomic mass is 9.87. The second-order valence-corrected chi connectivity index (χ2v) is 7.67. The number of carbonyl (C=O) groups is 3. The van der Waals surface area contributed by atoms with Crippen molar-refractivity contribution < 1.29 is 19.1 Å². The van der Waals surface area contributed by atoms with Gasteiger partial charge in [-0.15, -0.1) is 0 Å². The van der Waals surface area contributed by atoms with Gasteiger partial charge < -0.3 is 4.74 Å². The number of amides is 2. The Morgan fingerprint density at radius 2 is 1.48 bits per heavy atom. The molecular formula is C21H23N3O4S. The maximum atomic E-state index is 12.3. The highest BCUT2D eigenvalue weighted by Crippen LogP contribution is 2.22. The van der Waals surface area contributed by atoms with Crippen molar-refractivity contribution in [1.29, 1.82) is 0 Å². The zero-order chi connectivity index (χ0) is 21.6. The van der Waals surface area contributed by atoms with Gasteiger partial charge in [-0.25, -0.2) is 4.79 Å². The molecule has 2 aromatic rings. The van der Waals surface area contributed by atoms with E-state index in [0.717, 1.165) is 5.56 Å². The van der Waals surface area contributed by atoms with E-state index in [-0.39, 0.29) is 21.7 Å². The zero-order valence-corrected chi connectivity index (χ0v) is 17.5. The molecule has 0 aliphatic heterocycles. The lowest BCUT2D eigenvalue weighted by Crippen LogP contribution is -2.48. The number of carbonyl (C=O) groups excluding carboxylic acids is 3. The molecule has 0 fully saturated rings. The Labute approximate surface area is 174 Å².